The van der Waals surface area contributed by atoms with Crippen molar-refractivity contribution in [1.82, 2.24) is 0 Å². The lowest BCUT2D eigenvalue weighted by atomic mass is 9.93. The van der Waals surface area contributed by atoms with Gasteiger partial charge in [0.1, 0.15) is 5.78 Å². The number of Topliss-reactive ketones (excluding diaryl/α,β-unsaturated/α-hetero) is 1. The van der Waals surface area contributed by atoms with Crippen LogP contribution in [0.3, 0.4) is 0 Å². The molecule has 15 heavy (non-hydrogen) atoms. The van der Waals surface area contributed by atoms with Gasteiger partial charge in [-0.05, 0) is 38.2 Å². The molecule has 1 saturated carbocycles. The highest BCUT2D eigenvalue weighted by Gasteiger charge is 2.34. The van der Waals surface area contributed by atoms with E-state index < -0.39 is 0 Å². The van der Waals surface area contributed by atoms with E-state index in [0.717, 1.165) is 38.5 Å². The summed E-state index contributed by atoms with van der Waals surface area (Å²) in [6.45, 7) is 3.54. The Labute approximate surface area is 106 Å². The molecule has 0 amide bonds. The van der Waals surface area contributed by atoms with Crippen molar-refractivity contribution in [3.63, 3.8) is 0 Å². The third-order valence-corrected chi connectivity index (χ3v) is 4.72. The molecular weight excluding hydrogens is 299 g/mol. The molecule has 1 rings (SSSR count). The first-order valence-electron chi connectivity index (χ1n) is 5.75. The van der Waals surface area contributed by atoms with Gasteiger partial charge in [0.25, 0.3) is 0 Å². The Hall–Kier alpha value is -0.0800. The zero-order chi connectivity index (χ0) is 11.1. The van der Waals surface area contributed by atoms with Crippen LogP contribution in [0.15, 0.2) is 18.4 Å². The number of alkyl halides is 1. The molecule has 84 valence electrons. The summed E-state index contributed by atoms with van der Waals surface area (Å²) < 4.78 is -0.0662. The largest absolute Gasteiger partial charge is 0.298 e. The van der Waals surface area contributed by atoms with Gasteiger partial charge in [0, 0.05) is 6.42 Å². The molecule has 0 aliphatic heterocycles. The highest BCUT2D eigenvalue weighted by Crippen LogP contribution is 2.36. The highest BCUT2D eigenvalue weighted by molar-refractivity contribution is 14.1. The molecule has 0 saturated heterocycles. The molecule has 0 radical (unpaired) electrons. The Morgan fingerprint density at radius 2 is 2.27 bits per heavy atom. The van der Waals surface area contributed by atoms with Crippen LogP contribution in [0.25, 0.3) is 0 Å². The van der Waals surface area contributed by atoms with Gasteiger partial charge < -0.3 is 0 Å². The number of hydrogen-bond donors (Lipinski definition) is 0. The van der Waals surface area contributed by atoms with Gasteiger partial charge in [-0.3, -0.25) is 4.79 Å². The van der Waals surface area contributed by atoms with Crippen LogP contribution < -0.4 is 0 Å². The predicted molar refractivity (Wildman–Crippen MR) is 72.4 cm³/mol. The van der Waals surface area contributed by atoms with E-state index in [1.165, 1.54) is 12.8 Å². The van der Waals surface area contributed by atoms with Crippen LogP contribution in [0.4, 0.5) is 0 Å². The van der Waals surface area contributed by atoms with Crippen LogP contribution in [0, 0.1) is 0 Å². The van der Waals surface area contributed by atoms with Crippen molar-refractivity contribution >= 4 is 28.4 Å². The summed E-state index contributed by atoms with van der Waals surface area (Å²) in [5.74, 6) is 0.475. The maximum Gasteiger partial charge on any atom is 0.148 e. The van der Waals surface area contributed by atoms with Crippen LogP contribution in [0.1, 0.15) is 51.4 Å². The quantitative estimate of drug-likeness (QED) is 0.250. The van der Waals surface area contributed by atoms with Crippen molar-refractivity contribution in [1.29, 1.82) is 0 Å². The van der Waals surface area contributed by atoms with Crippen LogP contribution in [0.5, 0.6) is 0 Å². The Morgan fingerprint density at radius 1 is 1.47 bits per heavy atom. The predicted octanol–water partition coefficient (Wildman–Crippen LogP) is 4.20. The highest BCUT2D eigenvalue weighted by atomic mass is 127. The maximum atomic E-state index is 12.0. The van der Waals surface area contributed by atoms with Gasteiger partial charge in [-0.25, -0.2) is 0 Å². The molecule has 0 spiro atoms. The number of rotatable bonds is 4. The van der Waals surface area contributed by atoms with Crippen molar-refractivity contribution < 1.29 is 4.79 Å². The van der Waals surface area contributed by atoms with Crippen LogP contribution >= 0.6 is 22.6 Å². The van der Waals surface area contributed by atoms with E-state index in [2.05, 4.69) is 34.9 Å². The fourth-order valence-electron chi connectivity index (χ4n) is 2.08. The number of unbranched alkanes of at least 4 members (excludes halogenated alkanes) is 1. The van der Waals surface area contributed by atoms with Gasteiger partial charge in [0.2, 0.25) is 0 Å². The molecule has 2 heteroatoms. The molecule has 0 bridgehead atoms. The van der Waals surface area contributed by atoms with Gasteiger partial charge in [-0.2, -0.15) is 0 Å². The minimum Gasteiger partial charge on any atom is -0.298 e. The second-order valence-corrected chi connectivity index (χ2v) is 6.31. The van der Waals surface area contributed by atoms with Gasteiger partial charge in [-0.1, -0.05) is 42.0 Å². The van der Waals surface area contributed by atoms with E-state index in [0.29, 0.717) is 5.78 Å². The van der Waals surface area contributed by atoms with Gasteiger partial charge >= 0.3 is 0 Å². The maximum absolute atomic E-state index is 12.0. The number of halogens is 1. The zero-order valence-electron chi connectivity index (χ0n) is 9.23. The van der Waals surface area contributed by atoms with Crippen molar-refractivity contribution in [3.8, 4) is 0 Å². The van der Waals surface area contributed by atoms with E-state index >= 15 is 0 Å². The molecule has 1 unspecified atom stereocenters. The molecule has 1 nitrogen and oxygen atoms in total. The first kappa shape index (κ1) is 13.0. The second kappa shape index (κ2) is 6.49. The lowest BCUT2D eigenvalue weighted by Crippen LogP contribution is -2.30. The van der Waals surface area contributed by atoms with Crippen molar-refractivity contribution in [2.45, 2.75) is 54.8 Å². The molecule has 1 aliphatic carbocycles. The lowest BCUT2D eigenvalue weighted by Gasteiger charge is -2.23. The number of allylic oxidation sites excluding steroid dienone is 1. The monoisotopic (exact) mass is 318 g/mol. The minimum atomic E-state index is -0.0662. The topological polar surface area (TPSA) is 17.1 Å². The normalized spacial score (nSPS) is 26.9. The first-order chi connectivity index (χ1) is 7.19. The number of hydrogen-bond acceptors (Lipinski definition) is 1. The lowest BCUT2D eigenvalue weighted by molar-refractivity contribution is -0.120. The summed E-state index contributed by atoms with van der Waals surface area (Å²) in [5, 5.41) is 0. The van der Waals surface area contributed by atoms with Gasteiger partial charge in [0.05, 0.1) is 3.42 Å². The van der Waals surface area contributed by atoms with Crippen LogP contribution in [0.2, 0.25) is 0 Å². The molecule has 1 aliphatic rings. The third kappa shape index (κ3) is 4.12. The van der Waals surface area contributed by atoms with Gasteiger partial charge in [-0.15, -0.1) is 5.73 Å². The van der Waals surface area contributed by atoms with Gasteiger partial charge in [0.15, 0.2) is 0 Å². The minimum absolute atomic E-state index is 0.0662. The van der Waals surface area contributed by atoms with E-state index in [1.807, 2.05) is 6.08 Å². The molecular formula is C13H19IO. The Bertz CT molecular complexity index is 266. The number of ketones is 1. The fourth-order valence-corrected chi connectivity index (χ4v) is 3.11. The second-order valence-electron chi connectivity index (χ2n) is 4.25. The average molecular weight is 318 g/mol. The summed E-state index contributed by atoms with van der Waals surface area (Å²) in [7, 11) is 0. The molecule has 0 heterocycles. The Morgan fingerprint density at radius 3 is 3.00 bits per heavy atom. The summed E-state index contributed by atoms with van der Waals surface area (Å²) in [6.07, 6.45) is 10.5. The average Bonchev–Trinajstić information content (AvgIpc) is 2.38. The van der Waals surface area contributed by atoms with Crippen molar-refractivity contribution in [2.24, 2.45) is 0 Å². The molecule has 1 fully saturated rings. The molecule has 0 N–H and O–H groups in total. The Balaban J connectivity index is 2.46. The van der Waals surface area contributed by atoms with Crippen molar-refractivity contribution in [3.05, 3.63) is 18.4 Å². The van der Waals surface area contributed by atoms with Crippen LogP contribution in [-0.4, -0.2) is 9.20 Å². The fraction of sp³-hybridized carbons (Fsp3) is 0.692. The summed E-state index contributed by atoms with van der Waals surface area (Å²) in [6, 6.07) is 0. The summed E-state index contributed by atoms with van der Waals surface area (Å²) >= 11 is 2.39. The molecule has 1 atom stereocenters. The Kier molecular flexibility index (Phi) is 5.62. The zero-order valence-corrected chi connectivity index (χ0v) is 11.4. The smallest absolute Gasteiger partial charge is 0.148 e. The molecule has 0 aromatic carbocycles. The first-order valence-corrected chi connectivity index (χ1v) is 6.83. The van der Waals surface area contributed by atoms with E-state index in [-0.39, 0.29) is 3.42 Å². The van der Waals surface area contributed by atoms with E-state index in [4.69, 9.17) is 0 Å². The molecule has 0 aromatic rings. The number of carbonyl (C=O) groups excluding carboxylic acids is 1. The summed E-state index contributed by atoms with van der Waals surface area (Å²) in [5.41, 5.74) is 2.78. The van der Waals surface area contributed by atoms with E-state index in [9.17, 15) is 4.79 Å². The van der Waals surface area contributed by atoms with E-state index in [1.54, 1.807) is 0 Å². The summed E-state index contributed by atoms with van der Waals surface area (Å²) in [4.78, 5) is 12.0. The SMILES string of the molecule is C=C=CCCCC1(I)CCCCCC1=O. The standard InChI is InChI=1S/C13H19IO/c1-2-3-4-7-10-13(14)11-8-5-6-9-12(13)15/h3H,1,4-11H2. The van der Waals surface area contributed by atoms with Crippen LogP contribution in [-0.2, 0) is 4.79 Å². The number of carbonyl (C=O) groups is 1. The van der Waals surface area contributed by atoms with Crippen molar-refractivity contribution in [2.75, 3.05) is 0 Å². The molecule has 0 aromatic heterocycles. The third-order valence-electron chi connectivity index (χ3n) is 3.04.